The summed E-state index contributed by atoms with van der Waals surface area (Å²) in [5.74, 6) is -1.51. The summed E-state index contributed by atoms with van der Waals surface area (Å²) in [6.45, 7) is 4.19. The van der Waals surface area contributed by atoms with Gasteiger partial charge in [-0.1, -0.05) is 78.4 Å². The van der Waals surface area contributed by atoms with Gasteiger partial charge in [-0.3, -0.25) is 8.98 Å². The Morgan fingerprint density at radius 1 is 0.846 bits per heavy atom. The predicted molar refractivity (Wildman–Crippen MR) is 148 cm³/mol. The Kier molecular flexibility index (Phi) is 11.5. The van der Waals surface area contributed by atoms with Crippen molar-refractivity contribution >= 4 is 22.2 Å². The van der Waals surface area contributed by atoms with Crippen LogP contribution in [0.1, 0.15) is 48.8 Å². The summed E-state index contributed by atoms with van der Waals surface area (Å²) in [5, 5.41) is 2.70. The van der Waals surface area contributed by atoms with Gasteiger partial charge in [-0.2, -0.15) is 8.42 Å². The number of amides is 1. The Morgan fingerprint density at radius 2 is 1.49 bits per heavy atom. The second kappa shape index (κ2) is 15.0. The molecule has 0 aliphatic heterocycles. The first-order valence-corrected chi connectivity index (χ1v) is 14.4. The van der Waals surface area contributed by atoms with Gasteiger partial charge in [0, 0.05) is 6.54 Å². The zero-order valence-corrected chi connectivity index (χ0v) is 23.1. The summed E-state index contributed by atoms with van der Waals surface area (Å²) in [6, 6.07) is 24.6. The fourth-order valence-corrected chi connectivity index (χ4v) is 5.14. The number of nitrogens with one attached hydrogen (secondary N) is 1. The molecule has 0 radical (unpaired) electrons. The van der Waals surface area contributed by atoms with Crippen molar-refractivity contribution in [2.24, 2.45) is 0 Å². The summed E-state index contributed by atoms with van der Waals surface area (Å²) in [7, 11) is -4.17. The number of carbonyl (C=O) groups is 2. The zero-order chi connectivity index (χ0) is 28.1. The van der Waals surface area contributed by atoms with Gasteiger partial charge in [0.25, 0.3) is 10.1 Å². The summed E-state index contributed by atoms with van der Waals surface area (Å²) >= 11 is 0. The predicted octanol–water partition coefficient (Wildman–Crippen LogP) is 5.51. The third kappa shape index (κ3) is 9.53. The van der Waals surface area contributed by atoms with E-state index in [1.165, 1.54) is 12.1 Å². The number of hydrogen-bond donors (Lipinski definition) is 1. The lowest BCUT2D eigenvalue weighted by Crippen LogP contribution is -2.33. The second-order valence-electron chi connectivity index (χ2n) is 9.03. The molecule has 208 valence electrons. The van der Waals surface area contributed by atoms with Crippen LogP contribution in [0.15, 0.2) is 89.8 Å². The molecule has 2 atom stereocenters. The topological polar surface area (TPSA) is 108 Å². The molecule has 2 unspecified atom stereocenters. The van der Waals surface area contributed by atoms with E-state index in [1.807, 2.05) is 43.3 Å². The molecule has 0 saturated heterocycles. The summed E-state index contributed by atoms with van der Waals surface area (Å²) in [5.41, 5.74) is 2.39. The van der Waals surface area contributed by atoms with Crippen LogP contribution in [-0.4, -0.2) is 39.7 Å². The number of aryl methyl sites for hydroxylation is 1. The smallest absolute Gasteiger partial charge is 0.407 e. The highest BCUT2D eigenvalue weighted by atomic mass is 32.2. The zero-order valence-electron chi connectivity index (χ0n) is 22.2. The molecule has 1 amide bonds. The van der Waals surface area contributed by atoms with Crippen LogP contribution in [0.3, 0.4) is 0 Å². The van der Waals surface area contributed by atoms with E-state index in [0.29, 0.717) is 24.9 Å². The van der Waals surface area contributed by atoms with Gasteiger partial charge in [0.05, 0.1) is 17.6 Å². The highest BCUT2D eigenvalue weighted by molar-refractivity contribution is 7.86. The molecule has 0 heterocycles. The Labute approximate surface area is 230 Å². The quantitative estimate of drug-likeness (QED) is 0.159. The lowest BCUT2D eigenvalue weighted by atomic mass is 9.90. The normalized spacial score (nSPS) is 12.8. The minimum atomic E-state index is -4.17. The number of alkyl carbamates (subject to hydrolysis) is 1. The van der Waals surface area contributed by atoms with Gasteiger partial charge in [0.2, 0.25) is 0 Å². The molecule has 8 nitrogen and oxygen atoms in total. The Hall–Kier alpha value is -3.69. The van der Waals surface area contributed by atoms with Gasteiger partial charge in [0.15, 0.2) is 0 Å². The lowest BCUT2D eigenvalue weighted by Gasteiger charge is -2.26. The van der Waals surface area contributed by atoms with Crippen molar-refractivity contribution in [2.45, 2.75) is 56.6 Å². The van der Waals surface area contributed by atoms with E-state index in [4.69, 9.17) is 13.7 Å². The largest absolute Gasteiger partial charge is 0.465 e. The summed E-state index contributed by atoms with van der Waals surface area (Å²) in [6.07, 6.45) is -0.306. The van der Waals surface area contributed by atoms with Gasteiger partial charge >= 0.3 is 12.1 Å². The van der Waals surface area contributed by atoms with E-state index in [2.05, 4.69) is 5.32 Å². The van der Waals surface area contributed by atoms with E-state index < -0.39 is 34.2 Å². The van der Waals surface area contributed by atoms with Crippen molar-refractivity contribution in [1.29, 1.82) is 0 Å². The van der Waals surface area contributed by atoms with Crippen molar-refractivity contribution in [2.75, 3.05) is 13.2 Å². The van der Waals surface area contributed by atoms with Gasteiger partial charge in [-0.05, 0) is 56.4 Å². The number of benzene rings is 3. The lowest BCUT2D eigenvalue weighted by molar-refractivity contribution is -0.147. The average Bonchev–Trinajstić information content (AvgIpc) is 2.93. The molecule has 3 aromatic carbocycles. The van der Waals surface area contributed by atoms with Gasteiger partial charge in [-0.25, -0.2) is 4.79 Å². The van der Waals surface area contributed by atoms with Crippen LogP contribution >= 0.6 is 0 Å². The van der Waals surface area contributed by atoms with Crippen molar-refractivity contribution in [3.05, 3.63) is 102 Å². The van der Waals surface area contributed by atoms with Crippen molar-refractivity contribution in [1.82, 2.24) is 5.32 Å². The monoisotopic (exact) mass is 553 g/mol. The number of rotatable bonds is 14. The second-order valence-corrected chi connectivity index (χ2v) is 10.6. The Bertz CT molecular complexity index is 1280. The SMILES string of the molecule is CCOC(=O)C(c1ccccc1)C(CCCCNC(=O)OCc1ccccc1)OS(=O)(=O)c1ccc(C)cc1. The fraction of sp³-hybridized carbons (Fsp3) is 0.333. The third-order valence-corrected chi connectivity index (χ3v) is 7.38. The standard InChI is InChI=1S/C30H35NO7S/c1-3-36-29(32)28(25-14-8-5-9-15-25)27(38-39(34,35)26-19-17-23(2)18-20-26)16-10-11-21-31-30(33)37-22-24-12-6-4-7-13-24/h4-9,12-15,17-20,27-28H,3,10-11,16,21-22H2,1-2H3,(H,31,33). The number of ether oxygens (including phenoxy) is 2. The van der Waals surface area contributed by atoms with Gasteiger partial charge in [0.1, 0.15) is 12.5 Å². The first-order valence-electron chi connectivity index (χ1n) is 13.0. The van der Waals surface area contributed by atoms with Gasteiger partial charge in [-0.15, -0.1) is 0 Å². The molecule has 0 spiro atoms. The van der Waals surface area contributed by atoms with E-state index in [-0.39, 0.29) is 24.5 Å². The third-order valence-electron chi connectivity index (χ3n) is 6.03. The molecule has 3 rings (SSSR count). The molecule has 0 bridgehead atoms. The van der Waals surface area contributed by atoms with Crippen molar-refractivity contribution in [3.63, 3.8) is 0 Å². The van der Waals surface area contributed by atoms with Crippen LogP contribution in [0, 0.1) is 6.92 Å². The number of unbranched alkanes of at least 4 members (excludes halogenated alkanes) is 1. The van der Waals surface area contributed by atoms with Crippen molar-refractivity contribution < 1.29 is 31.7 Å². The Morgan fingerprint density at radius 3 is 2.13 bits per heavy atom. The maximum absolute atomic E-state index is 13.2. The fourth-order valence-electron chi connectivity index (χ4n) is 4.02. The molecular weight excluding hydrogens is 518 g/mol. The van der Waals surface area contributed by atoms with E-state index in [0.717, 1.165) is 11.1 Å². The molecule has 9 heteroatoms. The minimum absolute atomic E-state index is 0.0107. The number of esters is 1. The first-order chi connectivity index (χ1) is 18.8. The molecular formula is C30H35NO7S. The maximum atomic E-state index is 13.2. The number of carbonyl (C=O) groups excluding carboxylic acids is 2. The molecule has 0 saturated carbocycles. The molecule has 1 N–H and O–H groups in total. The van der Waals surface area contributed by atoms with Crippen LogP contribution < -0.4 is 5.32 Å². The highest BCUT2D eigenvalue weighted by Crippen LogP contribution is 2.30. The molecule has 0 fully saturated rings. The maximum Gasteiger partial charge on any atom is 0.407 e. The number of hydrogen-bond acceptors (Lipinski definition) is 7. The van der Waals surface area contributed by atoms with Gasteiger partial charge < -0.3 is 14.8 Å². The highest BCUT2D eigenvalue weighted by Gasteiger charge is 2.35. The van der Waals surface area contributed by atoms with Crippen LogP contribution in [0.25, 0.3) is 0 Å². The molecule has 0 aliphatic carbocycles. The van der Waals surface area contributed by atoms with Crippen molar-refractivity contribution in [3.8, 4) is 0 Å². The van der Waals surface area contributed by atoms with E-state index in [1.54, 1.807) is 43.3 Å². The molecule has 39 heavy (non-hydrogen) atoms. The van der Waals surface area contributed by atoms with Crippen LogP contribution in [-0.2, 0) is 35.2 Å². The van der Waals surface area contributed by atoms with Crippen LogP contribution in [0.4, 0.5) is 4.79 Å². The minimum Gasteiger partial charge on any atom is -0.465 e. The summed E-state index contributed by atoms with van der Waals surface area (Å²) < 4.78 is 42.6. The van der Waals surface area contributed by atoms with E-state index in [9.17, 15) is 18.0 Å². The van der Waals surface area contributed by atoms with Crippen LogP contribution in [0.2, 0.25) is 0 Å². The summed E-state index contributed by atoms with van der Waals surface area (Å²) in [4.78, 5) is 25.1. The Balaban J connectivity index is 1.67. The van der Waals surface area contributed by atoms with Crippen LogP contribution in [0.5, 0.6) is 0 Å². The molecule has 3 aromatic rings. The molecule has 0 aliphatic rings. The van der Waals surface area contributed by atoms with E-state index >= 15 is 0 Å². The molecule has 0 aromatic heterocycles. The average molecular weight is 554 g/mol. The first kappa shape index (κ1) is 29.9.